The first-order chi connectivity index (χ1) is 11.3. The van der Waals surface area contributed by atoms with E-state index < -0.39 is 10.0 Å². The standard InChI is InChI=1S/C17H20N2O4S/c1-19(24(3,21)22)15-9-7-14(8-10-15)17(20)18-12-13-5-4-6-16(11-13)23-2/h4-11H,12H2,1-3H3,(H,18,20). The summed E-state index contributed by atoms with van der Waals surface area (Å²) in [5.41, 5.74) is 1.89. The Hall–Kier alpha value is -2.54. The van der Waals surface area contributed by atoms with Crippen molar-refractivity contribution < 1.29 is 17.9 Å². The minimum Gasteiger partial charge on any atom is -0.497 e. The maximum absolute atomic E-state index is 12.2. The lowest BCUT2D eigenvalue weighted by Crippen LogP contribution is -2.25. The van der Waals surface area contributed by atoms with Crippen LogP contribution >= 0.6 is 0 Å². The summed E-state index contributed by atoms with van der Waals surface area (Å²) in [7, 11) is -0.265. The molecule has 0 spiro atoms. The van der Waals surface area contributed by atoms with Crippen LogP contribution in [0, 0.1) is 0 Å². The van der Waals surface area contributed by atoms with Crippen LogP contribution in [0.3, 0.4) is 0 Å². The van der Waals surface area contributed by atoms with Gasteiger partial charge in [-0.3, -0.25) is 9.10 Å². The molecule has 1 amide bonds. The van der Waals surface area contributed by atoms with Crippen LogP contribution in [0.25, 0.3) is 0 Å². The molecule has 6 nitrogen and oxygen atoms in total. The van der Waals surface area contributed by atoms with Gasteiger partial charge in [-0.05, 0) is 42.0 Å². The maximum atomic E-state index is 12.2. The van der Waals surface area contributed by atoms with E-state index in [1.807, 2.05) is 24.3 Å². The van der Waals surface area contributed by atoms with E-state index in [1.54, 1.807) is 31.4 Å². The Balaban J connectivity index is 2.02. The fourth-order valence-electron chi connectivity index (χ4n) is 2.08. The molecule has 0 aromatic heterocycles. The van der Waals surface area contributed by atoms with Crippen LogP contribution in [-0.4, -0.2) is 34.7 Å². The number of hydrogen-bond donors (Lipinski definition) is 1. The maximum Gasteiger partial charge on any atom is 0.251 e. The molecule has 2 rings (SSSR count). The van der Waals surface area contributed by atoms with Gasteiger partial charge in [-0.1, -0.05) is 12.1 Å². The number of rotatable bonds is 6. The first-order valence-electron chi connectivity index (χ1n) is 7.26. The molecule has 1 N–H and O–H groups in total. The zero-order chi connectivity index (χ0) is 17.7. The highest BCUT2D eigenvalue weighted by atomic mass is 32.2. The normalized spacial score (nSPS) is 11.0. The fourth-order valence-corrected chi connectivity index (χ4v) is 2.59. The number of benzene rings is 2. The van der Waals surface area contributed by atoms with Crippen LogP contribution in [-0.2, 0) is 16.6 Å². The first kappa shape index (κ1) is 17.8. The van der Waals surface area contributed by atoms with Crippen LogP contribution in [0.5, 0.6) is 5.75 Å². The lowest BCUT2D eigenvalue weighted by Gasteiger charge is -2.16. The van der Waals surface area contributed by atoms with E-state index in [0.717, 1.165) is 21.9 Å². The predicted octanol–water partition coefficient (Wildman–Crippen LogP) is 2.02. The number of sulfonamides is 1. The molecule has 0 saturated heterocycles. The van der Waals surface area contributed by atoms with Gasteiger partial charge in [0.15, 0.2) is 0 Å². The van der Waals surface area contributed by atoms with E-state index in [1.165, 1.54) is 7.05 Å². The number of amides is 1. The fraction of sp³-hybridized carbons (Fsp3) is 0.235. The summed E-state index contributed by atoms with van der Waals surface area (Å²) < 4.78 is 29.3. The highest BCUT2D eigenvalue weighted by molar-refractivity contribution is 7.92. The van der Waals surface area contributed by atoms with Crippen LogP contribution in [0.4, 0.5) is 5.69 Å². The zero-order valence-electron chi connectivity index (χ0n) is 13.8. The van der Waals surface area contributed by atoms with E-state index in [-0.39, 0.29) is 5.91 Å². The van der Waals surface area contributed by atoms with E-state index in [0.29, 0.717) is 17.8 Å². The van der Waals surface area contributed by atoms with Gasteiger partial charge < -0.3 is 10.1 Å². The molecule has 0 aliphatic carbocycles. The van der Waals surface area contributed by atoms with Gasteiger partial charge in [-0.2, -0.15) is 0 Å². The van der Waals surface area contributed by atoms with Crippen LogP contribution < -0.4 is 14.4 Å². The Morgan fingerprint density at radius 3 is 2.42 bits per heavy atom. The van der Waals surface area contributed by atoms with Crippen molar-refractivity contribution in [3.8, 4) is 5.75 Å². The number of nitrogens with zero attached hydrogens (tertiary/aromatic N) is 1. The second kappa shape index (κ2) is 7.35. The number of carbonyl (C=O) groups excluding carboxylic acids is 1. The van der Waals surface area contributed by atoms with Crippen molar-refractivity contribution in [3.63, 3.8) is 0 Å². The summed E-state index contributed by atoms with van der Waals surface area (Å²) >= 11 is 0. The minimum absolute atomic E-state index is 0.230. The average Bonchev–Trinajstić information content (AvgIpc) is 2.58. The monoisotopic (exact) mass is 348 g/mol. The van der Waals surface area contributed by atoms with Crippen LogP contribution in [0.1, 0.15) is 15.9 Å². The Labute approximate surface area is 142 Å². The number of nitrogens with one attached hydrogen (secondary N) is 1. The van der Waals surface area contributed by atoms with Crippen molar-refractivity contribution in [2.45, 2.75) is 6.54 Å². The van der Waals surface area contributed by atoms with Gasteiger partial charge in [0.25, 0.3) is 5.91 Å². The average molecular weight is 348 g/mol. The lowest BCUT2D eigenvalue weighted by atomic mass is 10.1. The smallest absolute Gasteiger partial charge is 0.251 e. The summed E-state index contributed by atoms with van der Waals surface area (Å²) in [6.45, 7) is 0.376. The van der Waals surface area contributed by atoms with Gasteiger partial charge in [0.05, 0.1) is 19.1 Å². The van der Waals surface area contributed by atoms with E-state index in [4.69, 9.17) is 4.74 Å². The molecule has 0 aliphatic rings. The van der Waals surface area contributed by atoms with E-state index >= 15 is 0 Å². The second-order valence-corrected chi connectivity index (χ2v) is 7.33. The van der Waals surface area contributed by atoms with Gasteiger partial charge in [0.1, 0.15) is 5.75 Å². The molecule has 24 heavy (non-hydrogen) atoms. The molecule has 128 valence electrons. The minimum atomic E-state index is -3.32. The highest BCUT2D eigenvalue weighted by Gasteiger charge is 2.12. The van der Waals surface area contributed by atoms with Crippen molar-refractivity contribution in [1.29, 1.82) is 0 Å². The molecule has 0 aliphatic heterocycles. The second-order valence-electron chi connectivity index (χ2n) is 5.31. The molecule has 0 atom stereocenters. The summed E-state index contributed by atoms with van der Waals surface area (Å²) in [5.74, 6) is 0.501. The molecule has 0 fully saturated rings. The third kappa shape index (κ3) is 4.48. The highest BCUT2D eigenvalue weighted by Crippen LogP contribution is 2.16. The molecule has 0 saturated carbocycles. The Kier molecular flexibility index (Phi) is 5.46. The quantitative estimate of drug-likeness (QED) is 0.867. The van der Waals surface area contributed by atoms with Crippen molar-refractivity contribution in [2.75, 3.05) is 24.7 Å². The number of methoxy groups -OCH3 is 1. The Morgan fingerprint density at radius 2 is 1.83 bits per heavy atom. The Morgan fingerprint density at radius 1 is 1.17 bits per heavy atom. The first-order valence-corrected chi connectivity index (χ1v) is 9.11. The van der Waals surface area contributed by atoms with Gasteiger partial charge in [-0.15, -0.1) is 0 Å². The van der Waals surface area contributed by atoms with Gasteiger partial charge in [0.2, 0.25) is 10.0 Å². The predicted molar refractivity (Wildman–Crippen MR) is 93.9 cm³/mol. The summed E-state index contributed by atoms with van der Waals surface area (Å²) in [6, 6.07) is 13.8. The topological polar surface area (TPSA) is 75.7 Å². The third-order valence-corrected chi connectivity index (χ3v) is 4.78. The largest absolute Gasteiger partial charge is 0.497 e. The van der Waals surface area contributed by atoms with Gasteiger partial charge in [-0.25, -0.2) is 8.42 Å². The summed E-state index contributed by atoms with van der Waals surface area (Å²) in [4.78, 5) is 12.2. The van der Waals surface area contributed by atoms with Crippen molar-refractivity contribution in [3.05, 3.63) is 59.7 Å². The van der Waals surface area contributed by atoms with Crippen molar-refractivity contribution >= 4 is 21.6 Å². The molecule has 2 aromatic carbocycles. The summed E-state index contributed by atoms with van der Waals surface area (Å²) in [6.07, 6.45) is 1.13. The van der Waals surface area contributed by atoms with E-state index in [9.17, 15) is 13.2 Å². The van der Waals surface area contributed by atoms with Crippen LogP contribution in [0.2, 0.25) is 0 Å². The Bertz CT molecular complexity index is 817. The van der Waals surface area contributed by atoms with Crippen LogP contribution in [0.15, 0.2) is 48.5 Å². The SMILES string of the molecule is COc1cccc(CNC(=O)c2ccc(N(C)S(C)(=O)=O)cc2)c1. The number of hydrogen-bond acceptors (Lipinski definition) is 4. The van der Waals surface area contributed by atoms with E-state index in [2.05, 4.69) is 5.32 Å². The molecule has 0 heterocycles. The number of anilines is 1. The van der Waals surface area contributed by atoms with Crippen molar-refractivity contribution in [1.82, 2.24) is 5.32 Å². The molecule has 7 heteroatoms. The molecule has 0 radical (unpaired) electrons. The summed E-state index contributed by atoms with van der Waals surface area (Å²) in [5, 5.41) is 2.82. The van der Waals surface area contributed by atoms with Gasteiger partial charge >= 0.3 is 0 Å². The van der Waals surface area contributed by atoms with Crippen molar-refractivity contribution in [2.24, 2.45) is 0 Å². The molecule has 2 aromatic rings. The molecular formula is C17H20N2O4S. The number of ether oxygens (including phenoxy) is 1. The molecule has 0 bridgehead atoms. The van der Waals surface area contributed by atoms with Gasteiger partial charge in [0, 0.05) is 19.2 Å². The zero-order valence-corrected chi connectivity index (χ0v) is 14.6. The lowest BCUT2D eigenvalue weighted by molar-refractivity contribution is 0.0951. The number of carbonyl (C=O) groups is 1. The molecular weight excluding hydrogens is 328 g/mol. The molecule has 0 unspecified atom stereocenters. The third-order valence-electron chi connectivity index (χ3n) is 3.58.